The van der Waals surface area contributed by atoms with E-state index in [4.69, 9.17) is 11.6 Å². The van der Waals surface area contributed by atoms with Crippen molar-refractivity contribution in [2.75, 3.05) is 13.1 Å². The number of nitrogens with zero attached hydrogens (tertiary/aromatic N) is 3. The summed E-state index contributed by atoms with van der Waals surface area (Å²) < 4.78 is 1.82. The third-order valence-electron chi connectivity index (χ3n) is 3.17. The fourth-order valence-corrected chi connectivity index (χ4v) is 2.46. The average Bonchev–Trinajstić information content (AvgIpc) is 2.62. The number of rotatable bonds is 2. The van der Waals surface area contributed by atoms with Crippen LogP contribution in [0.1, 0.15) is 24.7 Å². The molecule has 1 N–H and O–H groups in total. The van der Waals surface area contributed by atoms with E-state index in [9.17, 15) is 5.11 Å². The summed E-state index contributed by atoms with van der Waals surface area (Å²) in [6, 6.07) is 0. The van der Waals surface area contributed by atoms with Crippen LogP contribution in [0.15, 0.2) is 0 Å². The first-order valence-electron chi connectivity index (χ1n) is 5.52. The Labute approximate surface area is 101 Å². The van der Waals surface area contributed by atoms with Crippen LogP contribution in [0.4, 0.5) is 0 Å². The van der Waals surface area contributed by atoms with Crippen LogP contribution < -0.4 is 0 Å². The maximum atomic E-state index is 9.89. The van der Waals surface area contributed by atoms with Gasteiger partial charge in [0.25, 0.3) is 0 Å². The van der Waals surface area contributed by atoms with Gasteiger partial charge < -0.3 is 5.11 Å². The lowest BCUT2D eigenvalue weighted by atomic mass is 10.1. The molecule has 1 saturated heterocycles. The van der Waals surface area contributed by atoms with E-state index in [1.54, 1.807) is 0 Å². The van der Waals surface area contributed by atoms with Crippen LogP contribution in [0.3, 0.4) is 0 Å². The van der Waals surface area contributed by atoms with Gasteiger partial charge in [0.05, 0.1) is 22.0 Å². The molecule has 5 heteroatoms. The lowest BCUT2D eigenvalue weighted by molar-refractivity contribution is 0.0676. The van der Waals surface area contributed by atoms with Gasteiger partial charge in [-0.2, -0.15) is 5.10 Å². The number of halogens is 1. The van der Waals surface area contributed by atoms with Gasteiger partial charge in [-0.15, -0.1) is 0 Å². The molecule has 1 aliphatic heterocycles. The summed E-state index contributed by atoms with van der Waals surface area (Å²) >= 11 is 6.19. The van der Waals surface area contributed by atoms with Gasteiger partial charge in [0.1, 0.15) is 0 Å². The van der Waals surface area contributed by atoms with Crippen LogP contribution in [0.25, 0.3) is 0 Å². The van der Waals surface area contributed by atoms with Gasteiger partial charge in [0.2, 0.25) is 0 Å². The van der Waals surface area contributed by atoms with Crippen LogP contribution >= 0.6 is 11.6 Å². The second-order valence-corrected chi connectivity index (χ2v) is 5.31. The first-order chi connectivity index (χ1) is 7.39. The maximum Gasteiger partial charge on any atom is 0.0860 e. The number of hydrogen-bond donors (Lipinski definition) is 1. The third kappa shape index (κ3) is 2.24. The molecule has 1 aromatic rings. The Morgan fingerprint density at radius 1 is 1.56 bits per heavy atom. The van der Waals surface area contributed by atoms with E-state index in [0.717, 1.165) is 35.9 Å². The highest BCUT2D eigenvalue weighted by molar-refractivity contribution is 6.31. The van der Waals surface area contributed by atoms with Crippen molar-refractivity contribution < 1.29 is 5.11 Å². The molecular formula is C11H18ClN3O. The molecule has 90 valence electrons. The second kappa shape index (κ2) is 4.02. The van der Waals surface area contributed by atoms with E-state index < -0.39 is 5.60 Å². The summed E-state index contributed by atoms with van der Waals surface area (Å²) in [4.78, 5) is 2.21. The molecule has 2 heterocycles. The zero-order valence-corrected chi connectivity index (χ0v) is 10.8. The molecule has 4 nitrogen and oxygen atoms in total. The number of β-amino-alcohol motifs (C(OH)–C–C–N with tert-alkyl or cyclic N) is 1. The standard InChI is InChI=1S/C11H18ClN3O/c1-8-10(12)9(14(3)13-8)6-15-5-4-11(2,16)7-15/h16H,4-7H2,1-3H3. The topological polar surface area (TPSA) is 41.3 Å². The van der Waals surface area contributed by atoms with Crippen LogP contribution in [0.5, 0.6) is 0 Å². The highest BCUT2D eigenvalue weighted by Crippen LogP contribution is 2.25. The van der Waals surface area contributed by atoms with Gasteiger partial charge in [-0.05, 0) is 20.3 Å². The summed E-state index contributed by atoms with van der Waals surface area (Å²) in [5, 5.41) is 14.9. The first-order valence-corrected chi connectivity index (χ1v) is 5.89. The molecule has 1 atom stereocenters. The number of aliphatic hydroxyl groups is 1. The molecule has 0 bridgehead atoms. The van der Waals surface area contributed by atoms with E-state index in [-0.39, 0.29) is 0 Å². The lowest BCUT2D eigenvalue weighted by Gasteiger charge is -2.18. The van der Waals surface area contributed by atoms with Crippen LogP contribution in [-0.4, -0.2) is 38.5 Å². The molecule has 16 heavy (non-hydrogen) atoms. The molecule has 1 fully saturated rings. The Bertz CT molecular complexity index is 400. The van der Waals surface area contributed by atoms with Crippen molar-refractivity contribution in [1.29, 1.82) is 0 Å². The highest BCUT2D eigenvalue weighted by atomic mass is 35.5. The quantitative estimate of drug-likeness (QED) is 0.852. The molecule has 1 aromatic heterocycles. The predicted octanol–water partition coefficient (Wildman–Crippen LogP) is 1.34. The second-order valence-electron chi connectivity index (χ2n) is 4.93. The van der Waals surface area contributed by atoms with Gasteiger partial charge in [0, 0.05) is 26.7 Å². The molecule has 1 aliphatic rings. The van der Waals surface area contributed by atoms with Crippen molar-refractivity contribution >= 4 is 11.6 Å². The SMILES string of the molecule is Cc1nn(C)c(CN2CCC(C)(O)C2)c1Cl. The number of aromatic nitrogens is 2. The maximum absolute atomic E-state index is 9.89. The van der Waals surface area contributed by atoms with Gasteiger partial charge in [-0.25, -0.2) is 0 Å². The van der Waals surface area contributed by atoms with Crippen LogP contribution in [0.2, 0.25) is 5.02 Å². The van der Waals surface area contributed by atoms with E-state index in [0.29, 0.717) is 6.54 Å². The van der Waals surface area contributed by atoms with E-state index in [1.165, 1.54) is 0 Å². The number of likely N-dealkylation sites (tertiary alicyclic amines) is 1. The summed E-state index contributed by atoms with van der Waals surface area (Å²) in [6.45, 7) is 6.16. The number of aryl methyl sites for hydroxylation is 2. The van der Waals surface area contributed by atoms with Gasteiger partial charge >= 0.3 is 0 Å². The zero-order valence-electron chi connectivity index (χ0n) is 10.00. The van der Waals surface area contributed by atoms with Gasteiger partial charge in [-0.1, -0.05) is 11.6 Å². The Kier molecular flexibility index (Phi) is 2.99. The fourth-order valence-electron chi connectivity index (χ4n) is 2.24. The van der Waals surface area contributed by atoms with Crippen LogP contribution in [-0.2, 0) is 13.6 Å². The van der Waals surface area contributed by atoms with Crippen molar-refractivity contribution in [3.05, 3.63) is 16.4 Å². The minimum absolute atomic E-state index is 0.555. The molecule has 0 aliphatic carbocycles. The molecule has 0 aromatic carbocycles. The Morgan fingerprint density at radius 3 is 2.69 bits per heavy atom. The van der Waals surface area contributed by atoms with Crippen molar-refractivity contribution in [3.63, 3.8) is 0 Å². The molecule has 2 rings (SSSR count). The Morgan fingerprint density at radius 2 is 2.25 bits per heavy atom. The Balaban J connectivity index is 2.10. The van der Waals surface area contributed by atoms with E-state index in [1.807, 2.05) is 25.6 Å². The molecule has 0 saturated carbocycles. The van der Waals surface area contributed by atoms with Crippen molar-refractivity contribution in [2.45, 2.75) is 32.4 Å². The Hall–Kier alpha value is -0.580. The average molecular weight is 244 g/mol. The highest BCUT2D eigenvalue weighted by Gasteiger charge is 2.32. The minimum Gasteiger partial charge on any atom is -0.389 e. The van der Waals surface area contributed by atoms with Gasteiger partial charge in [-0.3, -0.25) is 9.58 Å². The van der Waals surface area contributed by atoms with Crippen molar-refractivity contribution in [3.8, 4) is 0 Å². The molecular weight excluding hydrogens is 226 g/mol. The van der Waals surface area contributed by atoms with Crippen molar-refractivity contribution in [1.82, 2.24) is 14.7 Å². The molecule has 1 unspecified atom stereocenters. The van der Waals surface area contributed by atoms with E-state index in [2.05, 4.69) is 10.00 Å². The minimum atomic E-state index is -0.555. The smallest absolute Gasteiger partial charge is 0.0860 e. The first kappa shape index (κ1) is 11.9. The summed E-state index contributed by atoms with van der Waals surface area (Å²) in [5.41, 5.74) is 1.34. The summed E-state index contributed by atoms with van der Waals surface area (Å²) in [5.74, 6) is 0. The van der Waals surface area contributed by atoms with Crippen LogP contribution in [0, 0.1) is 6.92 Å². The molecule has 0 radical (unpaired) electrons. The molecule has 0 spiro atoms. The van der Waals surface area contributed by atoms with E-state index >= 15 is 0 Å². The zero-order chi connectivity index (χ0) is 11.9. The lowest BCUT2D eigenvalue weighted by Crippen LogP contribution is -2.29. The third-order valence-corrected chi connectivity index (χ3v) is 3.66. The normalized spacial score (nSPS) is 26.6. The molecule has 0 amide bonds. The predicted molar refractivity (Wildman–Crippen MR) is 63.5 cm³/mol. The van der Waals surface area contributed by atoms with Crippen molar-refractivity contribution in [2.24, 2.45) is 7.05 Å². The monoisotopic (exact) mass is 243 g/mol. The number of hydrogen-bond acceptors (Lipinski definition) is 3. The fraction of sp³-hybridized carbons (Fsp3) is 0.727. The summed E-state index contributed by atoms with van der Waals surface area (Å²) in [7, 11) is 1.91. The van der Waals surface area contributed by atoms with Gasteiger partial charge in [0.15, 0.2) is 0 Å². The summed E-state index contributed by atoms with van der Waals surface area (Å²) in [6.07, 6.45) is 0.821. The largest absolute Gasteiger partial charge is 0.389 e.